The van der Waals surface area contributed by atoms with E-state index in [1.807, 2.05) is 14.0 Å². The van der Waals surface area contributed by atoms with Gasteiger partial charge in [0.15, 0.2) is 11.5 Å². The molecule has 9 heteroatoms. The second-order valence-electron chi connectivity index (χ2n) is 11.9. The average molecular weight is 548 g/mol. The number of carbonyl (C=O) groups excluding carboxylic acids is 2. The van der Waals surface area contributed by atoms with Crippen molar-refractivity contribution < 1.29 is 9.59 Å². The highest BCUT2D eigenvalue weighted by Gasteiger charge is 2.28. The van der Waals surface area contributed by atoms with Gasteiger partial charge < -0.3 is 25.8 Å². The van der Waals surface area contributed by atoms with E-state index in [9.17, 15) is 9.59 Å². The average Bonchev–Trinajstić information content (AvgIpc) is 3.52. The van der Waals surface area contributed by atoms with Crippen LogP contribution in [-0.4, -0.2) is 77.4 Å². The number of nitrogens with one attached hydrogen (secondary N) is 1. The van der Waals surface area contributed by atoms with Crippen LogP contribution in [0.3, 0.4) is 0 Å². The molecule has 216 valence electrons. The van der Waals surface area contributed by atoms with Crippen LogP contribution in [-0.2, 0) is 4.79 Å². The molecule has 1 saturated carbocycles. The number of nitrogens with zero attached hydrogens (tertiary/aromatic N) is 5. The molecule has 3 heterocycles. The first-order chi connectivity index (χ1) is 19.4. The number of hydrogen-bond donors (Lipinski definition) is 2. The molecule has 0 bridgehead atoms. The zero-order valence-corrected chi connectivity index (χ0v) is 24.1. The predicted molar refractivity (Wildman–Crippen MR) is 159 cm³/mol. The standard InChI is InChI=1S/C31H45N7O2/c1-3-36(2)28(39)19-22-7-6-16-38(21-22)27-20-33-29(30(32)40)31(35-27)34-25-12-10-23(11-13-25)24-14-17-37(18-15-24)26-8-4-5-9-26/h10-13,20,22,24,26H,3-9,14-19,21H2,1-2H3,(H2,32,40)(H,34,35)/t22-/m0/s1. The first kappa shape index (κ1) is 28.3. The number of nitrogens with two attached hydrogens (primary N) is 1. The van der Waals surface area contributed by atoms with E-state index >= 15 is 0 Å². The fraction of sp³-hybridized carbons (Fsp3) is 0.613. The summed E-state index contributed by atoms with van der Waals surface area (Å²) in [5, 5.41) is 3.30. The highest BCUT2D eigenvalue weighted by atomic mass is 16.2. The van der Waals surface area contributed by atoms with Crippen molar-refractivity contribution in [3.63, 3.8) is 0 Å². The second kappa shape index (κ2) is 13.0. The Balaban J connectivity index is 1.23. The summed E-state index contributed by atoms with van der Waals surface area (Å²) in [5.74, 6) is 1.48. The number of amides is 2. The van der Waals surface area contributed by atoms with Crippen molar-refractivity contribution >= 4 is 29.1 Å². The van der Waals surface area contributed by atoms with Crippen molar-refractivity contribution in [2.75, 3.05) is 50.0 Å². The summed E-state index contributed by atoms with van der Waals surface area (Å²) in [6.07, 6.45) is 12.1. The molecular weight excluding hydrogens is 502 g/mol. The van der Waals surface area contributed by atoms with E-state index in [0.717, 1.165) is 37.7 Å². The van der Waals surface area contributed by atoms with Gasteiger partial charge in [-0.3, -0.25) is 9.59 Å². The molecule has 3 fully saturated rings. The first-order valence-corrected chi connectivity index (χ1v) is 15.2. The smallest absolute Gasteiger partial charge is 0.271 e. The van der Waals surface area contributed by atoms with Crippen molar-refractivity contribution in [1.82, 2.24) is 19.8 Å². The summed E-state index contributed by atoms with van der Waals surface area (Å²) in [6.45, 7) is 6.67. The molecule has 9 nitrogen and oxygen atoms in total. The molecule has 2 aromatic rings. The van der Waals surface area contributed by atoms with Gasteiger partial charge in [-0.2, -0.15) is 0 Å². The Morgan fingerprint density at radius 1 is 1.02 bits per heavy atom. The van der Waals surface area contributed by atoms with E-state index in [0.29, 0.717) is 30.5 Å². The van der Waals surface area contributed by atoms with Crippen LogP contribution >= 0.6 is 0 Å². The van der Waals surface area contributed by atoms with E-state index < -0.39 is 5.91 Å². The molecule has 1 atom stereocenters. The first-order valence-electron chi connectivity index (χ1n) is 15.2. The monoisotopic (exact) mass is 547 g/mol. The Hall–Kier alpha value is -3.20. The number of aromatic nitrogens is 2. The van der Waals surface area contributed by atoms with Gasteiger partial charge in [-0.1, -0.05) is 25.0 Å². The third kappa shape index (κ3) is 6.74. The number of primary amides is 1. The van der Waals surface area contributed by atoms with Gasteiger partial charge in [-0.25, -0.2) is 9.97 Å². The van der Waals surface area contributed by atoms with Gasteiger partial charge in [0, 0.05) is 44.8 Å². The number of carbonyl (C=O) groups is 2. The van der Waals surface area contributed by atoms with Gasteiger partial charge in [-0.05, 0) is 88.1 Å². The molecule has 0 radical (unpaired) electrons. The number of rotatable bonds is 9. The van der Waals surface area contributed by atoms with Crippen LogP contribution in [0.2, 0.25) is 0 Å². The highest BCUT2D eigenvalue weighted by molar-refractivity contribution is 5.96. The SMILES string of the molecule is CCN(C)C(=O)C[C@@H]1CCCN(c2cnc(C(N)=O)c(Nc3ccc(C4CCN(C5CCCC5)CC4)cc3)n2)C1. The number of benzene rings is 1. The topological polar surface area (TPSA) is 108 Å². The molecule has 3 N–H and O–H groups in total. The minimum atomic E-state index is -0.614. The Labute approximate surface area is 238 Å². The second-order valence-corrected chi connectivity index (χ2v) is 11.9. The summed E-state index contributed by atoms with van der Waals surface area (Å²) in [7, 11) is 1.85. The normalized spacial score (nSPS) is 20.9. The minimum Gasteiger partial charge on any atom is -0.364 e. The maximum atomic E-state index is 12.5. The Bertz CT molecular complexity index is 1160. The maximum absolute atomic E-state index is 12.5. The van der Waals surface area contributed by atoms with Crippen molar-refractivity contribution in [2.45, 2.75) is 76.7 Å². The van der Waals surface area contributed by atoms with Gasteiger partial charge in [0.1, 0.15) is 5.82 Å². The Kier molecular flexibility index (Phi) is 9.19. The van der Waals surface area contributed by atoms with Gasteiger partial charge in [-0.15, -0.1) is 0 Å². The summed E-state index contributed by atoms with van der Waals surface area (Å²) in [4.78, 5) is 40.5. The molecule has 40 heavy (non-hydrogen) atoms. The molecule has 1 aromatic carbocycles. The van der Waals surface area contributed by atoms with E-state index in [1.165, 1.54) is 57.2 Å². The third-order valence-electron chi connectivity index (χ3n) is 9.22. The Morgan fingerprint density at radius 3 is 2.42 bits per heavy atom. The summed E-state index contributed by atoms with van der Waals surface area (Å²) < 4.78 is 0. The van der Waals surface area contributed by atoms with Gasteiger partial charge in [0.05, 0.1) is 6.20 Å². The molecule has 2 aliphatic heterocycles. The number of hydrogen-bond acceptors (Lipinski definition) is 7. The summed E-state index contributed by atoms with van der Waals surface area (Å²) in [6, 6.07) is 9.32. The molecule has 2 saturated heterocycles. The molecule has 3 aliphatic rings. The summed E-state index contributed by atoms with van der Waals surface area (Å²) >= 11 is 0. The Morgan fingerprint density at radius 2 is 1.75 bits per heavy atom. The number of anilines is 3. The zero-order chi connectivity index (χ0) is 28.1. The quantitative estimate of drug-likeness (QED) is 0.475. The summed E-state index contributed by atoms with van der Waals surface area (Å²) in [5.41, 5.74) is 8.00. The lowest BCUT2D eigenvalue weighted by Crippen LogP contribution is -2.39. The van der Waals surface area contributed by atoms with Crippen LogP contribution in [0.5, 0.6) is 0 Å². The zero-order valence-electron chi connectivity index (χ0n) is 24.1. The molecule has 0 unspecified atom stereocenters. The van der Waals surface area contributed by atoms with Crippen LogP contribution in [0.15, 0.2) is 30.5 Å². The van der Waals surface area contributed by atoms with Crippen LogP contribution in [0.4, 0.5) is 17.3 Å². The minimum absolute atomic E-state index is 0.125. The van der Waals surface area contributed by atoms with E-state index in [1.54, 1.807) is 11.1 Å². The number of piperidine rings is 2. The number of likely N-dealkylation sites (tertiary alicyclic amines) is 1. The third-order valence-corrected chi connectivity index (χ3v) is 9.22. The highest BCUT2D eigenvalue weighted by Crippen LogP contribution is 2.33. The molecule has 2 amide bonds. The molecular formula is C31H45N7O2. The largest absolute Gasteiger partial charge is 0.364 e. The lowest BCUT2D eigenvalue weighted by atomic mass is 9.88. The molecule has 1 aromatic heterocycles. The van der Waals surface area contributed by atoms with Gasteiger partial charge in [0.25, 0.3) is 5.91 Å². The molecule has 1 aliphatic carbocycles. The molecule has 5 rings (SSSR count). The van der Waals surface area contributed by atoms with E-state index in [2.05, 4.69) is 44.4 Å². The van der Waals surface area contributed by atoms with Crippen molar-refractivity contribution in [3.05, 3.63) is 41.7 Å². The van der Waals surface area contributed by atoms with E-state index in [4.69, 9.17) is 10.7 Å². The predicted octanol–water partition coefficient (Wildman–Crippen LogP) is 4.53. The van der Waals surface area contributed by atoms with Crippen LogP contribution < -0.4 is 16.0 Å². The lowest BCUT2D eigenvalue weighted by molar-refractivity contribution is -0.130. The lowest BCUT2D eigenvalue weighted by Gasteiger charge is -2.36. The van der Waals surface area contributed by atoms with Gasteiger partial charge >= 0.3 is 0 Å². The van der Waals surface area contributed by atoms with Crippen molar-refractivity contribution in [1.29, 1.82) is 0 Å². The fourth-order valence-electron chi connectivity index (χ4n) is 6.66. The van der Waals surface area contributed by atoms with Crippen LogP contribution in [0.25, 0.3) is 0 Å². The fourth-order valence-corrected chi connectivity index (χ4v) is 6.66. The van der Waals surface area contributed by atoms with Crippen LogP contribution in [0.1, 0.15) is 86.7 Å². The van der Waals surface area contributed by atoms with Crippen molar-refractivity contribution in [2.24, 2.45) is 11.7 Å². The van der Waals surface area contributed by atoms with Gasteiger partial charge in [0.2, 0.25) is 5.91 Å². The van der Waals surface area contributed by atoms with Crippen LogP contribution in [0, 0.1) is 5.92 Å². The maximum Gasteiger partial charge on any atom is 0.271 e. The van der Waals surface area contributed by atoms with E-state index in [-0.39, 0.29) is 17.5 Å². The molecule has 0 spiro atoms. The van der Waals surface area contributed by atoms with Crippen molar-refractivity contribution in [3.8, 4) is 0 Å².